The number of aliphatic hydroxyl groups excluding tert-OH is 1. The highest BCUT2D eigenvalue weighted by Gasteiger charge is 2.23. The molecule has 24 heavy (non-hydrogen) atoms. The van der Waals surface area contributed by atoms with Crippen LogP contribution in [-0.2, 0) is 11.4 Å². The molecule has 0 aliphatic carbocycles. The van der Waals surface area contributed by atoms with Crippen molar-refractivity contribution >= 4 is 5.91 Å². The van der Waals surface area contributed by atoms with Gasteiger partial charge in [-0.15, -0.1) is 0 Å². The second-order valence-electron chi connectivity index (χ2n) is 6.54. The Labute approximate surface area is 145 Å². The van der Waals surface area contributed by atoms with Crippen LogP contribution in [0.3, 0.4) is 0 Å². The van der Waals surface area contributed by atoms with Crippen molar-refractivity contribution in [3.05, 3.63) is 29.8 Å². The van der Waals surface area contributed by atoms with E-state index in [1.54, 1.807) is 19.1 Å². The fourth-order valence-corrected chi connectivity index (χ4v) is 2.98. The lowest BCUT2D eigenvalue weighted by Gasteiger charge is -2.32. The summed E-state index contributed by atoms with van der Waals surface area (Å²) in [5.74, 6) is 0.537. The number of ether oxygens (including phenoxy) is 1. The summed E-state index contributed by atoms with van der Waals surface area (Å²) in [5.41, 5.74) is 0.777. The molecule has 0 aromatic heterocycles. The molecule has 2 N–H and O–H groups in total. The summed E-state index contributed by atoms with van der Waals surface area (Å²) in [5, 5.41) is 12.3. The van der Waals surface area contributed by atoms with E-state index in [1.165, 1.54) is 12.8 Å². The van der Waals surface area contributed by atoms with Gasteiger partial charge in [0.2, 0.25) is 0 Å². The Bertz CT molecular complexity index is 513. The average Bonchev–Trinajstić information content (AvgIpc) is 2.61. The number of unbranched alkanes of at least 4 members (excludes halogenated alkanes) is 1. The fraction of sp³-hybridized carbons (Fsp3) is 0.632. The number of carbonyl (C=O) groups excluding carboxylic acids is 1. The zero-order chi connectivity index (χ0) is 17.4. The first kappa shape index (κ1) is 18.7. The van der Waals surface area contributed by atoms with Gasteiger partial charge in [0.05, 0.1) is 6.61 Å². The van der Waals surface area contributed by atoms with E-state index in [0.29, 0.717) is 5.75 Å². The molecule has 1 fully saturated rings. The molecular formula is C19H30N2O3. The third-order valence-corrected chi connectivity index (χ3v) is 4.52. The number of nitrogens with one attached hydrogen (secondary N) is 1. The first-order valence-electron chi connectivity index (χ1n) is 9.01. The molecule has 1 aromatic carbocycles. The van der Waals surface area contributed by atoms with Crippen molar-refractivity contribution in [1.82, 2.24) is 10.2 Å². The Balaban J connectivity index is 1.75. The van der Waals surface area contributed by atoms with Gasteiger partial charge in [0.15, 0.2) is 6.10 Å². The lowest BCUT2D eigenvalue weighted by Crippen LogP contribution is -2.48. The number of benzene rings is 1. The van der Waals surface area contributed by atoms with Gasteiger partial charge >= 0.3 is 0 Å². The molecule has 1 aliphatic heterocycles. The van der Waals surface area contributed by atoms with Crippen LogP contribution in [0.15, 0.2) is 24.3 Å². The number of amides is 1. The van der Waals surface area contributed by atoms with Gasteiger partial charge in [0, 0.05) is 19.1 Å². The van der Waals surface area contributed by atoms with Gasteiger partial charge in [-0.1, -0.05) is 25.5 Å². The largest absolute Gasteiger partial charge is 0.481 e. The summed E-state index contributed by atoms with van der Waals surface area (Å²) in [4.78, 5) is 14.8. The fourth-order valence-electron chi connectivity index (χ4n) is 2.98. The predicted octanol–water partition coefficient (Wildman–Crippen LogP) is 2.33. The van der Waals surface area contributed by atoms with Crippen LogP contribution in [0.2, 0.25) is 0 Å². The van der Waals surface area contributed by atoms with E-state index in [1.807, 2.05) is 12.1 Å². The molecule has 1 aromatic rings. The van der Waals surface area contributed by atoms with Crippen LogP contribution in [0.5, 0.6) is 5.75 Å². The third-order valence-electron chi connectivity index (χ3n) is 4.52. The number of hydrogen-bond acceptors (Lipinski definition) is 4. The van der Waals surface area contributed by atoms with E-state index >= 15 is 0 Å². The molecule has 5 nitrogen and oxygen atoms in total. The maximum atomic E-state index is 12.3. The first-order valence-corrected chi connectivity index (χ1v) is 9.01. The minimum atomic E-state index is -0.544. The van der Waals surface area contributed by atoms with Crippen molar-refractivity contribution in [2.45, 2.75) is 58.3 Å². The monoisotopic (exact) mass is 334 g/mol. The van der Waals surface area contributed by atoms with Crippen molar-refractivity contribution in [2.24, 2.45) is 0 Å². The Hall–Kier alpha value is -1.59. The zero-order valence-corrected chi connectivity index (χ0v) is 14.8. The van der Waals surface area contributed by atoms with E-state index in [0.717, 1.165) is 38.0 Å². The van der Waals surface area contributed by atoms with E-state index in [9.17, 15) is 4.79 Å². The van der Waals surface area contributed by atoms with E-state index in [2.05, 4.69) is 17.1 Å². The smallest absolute Gasteiger partial charge is 0.260 e. The van der Waals surface area contributed by atoms with Crippen molar-refractivity contribution in [2.75, 3.05) is 19.6 Å². The Morgan fingerprint density at radius 3 is 2.83 bits per heavy atom. The third kappa shape index (κ3) is 5.80. The lowest BCUT2D eigenvalue weighted by molar-refractivity contribution is -0.128. The van der Waals surface area contributed by atoms with Crippen molar-refractivity contribution in [3.63, 3.8) is 0 Å². The van der Waals surface area contributed by atoms with Crippen LogP contribution in [0.25, 0.3) is 0 Å². The number of aliphatic hydroxyl groups is 1. The van der Waals surface area contributed by atoms with Crippen molar-refractivity contribution < 1.29 is 14.6 Å². The average molecular weight is 334 g/mol. The zero-order valence-electron chi connectivity index (χ0n) is 14.8. The molecule has 0 bridgehead atoms. The Morgan fingerprint density at radius 1 is 1.42 bits per heavy atom. The quantitative estimate of drug-likeness (QED) is 0.766. The van der Waals surface area contributed by atoms with Gasteiger partial charge in [0.1, 0.15) is 5.75 Å². The lowest BCUT2D eigenvalue weighted by atomic mass is 10.0. The number of rotatable bonds is 8. The van der Waals surface area contributed by atoms with E-state index < -0.39 is 6.10 Å². The summed E-state index contributed by atoms with van der Waals surface area (Å²) in [7, 11) is 0. The molecule has 134 valence electrons. The van der Waals surface area contributed by atoms with Gasteiger partial charge in [-0.3, -0.25) is 4.79 Å². The second-order valence-corrected chi connectivity index (χ2v) is 6.54. The maximum absolute atomic E-state index is 12.3. The minimum Gasteiger partial charge on any atom is -0.481 e. The number of nitrogens with zero attached hydrogens (tertiary/aromatic N) is 1. The van der Waals surface area contributed by atoms with Gasteiger partial charge < -0.3 is 20.1 Å². The summed E-state index contributed by atoms with van der Waals surface area (Å²) in [6.07, 6.45) is 3.93. The molecule has 1 unspecified atom stereocenters. The van der Waals surface area contributed by atoms with Crippen LogP contribution in [0.1, 0.15) is 45.1 Å². The maximum Gasteiger partial charge on any atom is 0.260 e. The molecule has 1 atom stereocenters. The van der Waals surface area contributed by atoms with Crippen molar-refractivity contribution in [1.29, 1.82) is 0 Å². The van der Waals surface area contributed by atoms with E-state index in [4.69, 9.17) is 9.84 Å². The summed E-state index contributed by atoms with van der Waals surface area (Å²) in [6.45, 7) is 7.21. The molecule has 1 heterocycles. The Morgan fingerprint density at radius 2 is 2.17 bits per heavy atom. The molecular weight excluding hydrogens is 304 g/mol. The number of likely N-dealkylation sites (tertiary alicyclic amines) is 1. The molecule has 0 radical (unpaired) electrons. The standard InChI is InChI=1S/C19H30N2O3/c1-3-4-10-21-11-8-17(9-12-21)20-19(23)15(2)24-18-7-5-6-16(13-18)14-22/h5-7,13,15,17,22H,3-4,8-12,14H2,1-2H3,(H,20,23). The summed E-state index contributed by atoms with van der Waals surface area (Å²) >= 11 is 0. The topological polar surface area (TPSA) is 61.8 Å². The minimum absolute atomic E-state index is 0.0334. The normalized spacial score (nSPS) is 17.5. The van der Waals surface area contributed by atoms with Crippen molar-refractivity contribution in [3.8, 4) is 5.75 Å². The van der Waals surface area contributed by atoms with Crippen LogP contribution >= 0.6 is 0 Å². The molecule has 0 saturated carbocycles. The first-order chi connectivity index (χ1) is 11.6. The number of hydrogen-bond donors (Lipinski definition) is 2. The Kier molecular flexibility index (Phi) is 7.53. The van der Waals surface area contributed by atoms with Crippen LogP contribution in [0, 0.1) is 0 Å². The predicted molar refractivity (Wildman–Crippen MR) is 95.0 cm³/mol. The molecule has 5 heteroatoms. The molecule has 0 spiro atoms. The molecule has 1 amide bonds. The number of carbonyl (C=O) groups is 1. The van der Waals surface area contributed by atoms with Gasteiger partial charge in [-0.2, -0.15) is 0 Å². The highest BCUT2D eigenvalue weighted by atomic mass is 16.5. The van der Waals surface area contributed by atoms with Crippen LogP contribution in [0.4, 0.5) is 0 Å². The number of piperidine rings is 1. The van der Waals surface area contributed by atoms with Gasteiger partial charge in [-0.25, -0.2) is 0 Å². The molecule has 1 saturated heterocycles. The summed E-state index contributed by atoms with van der Waals surface area (Å²) in [6, 6.07) is 7.44. The summed E-state index contributed by atoms with van der Waals surface area (Å²) < 4.78 is 5.70. The highest BCUT2D eigenvalue weighted by Crippen LogP contribution is 2.16. The molecule has 1 aliphatic rings. The van der Waals surface area contributed by atoms with Crippen LogP contribution < -0.4 is 10.1 Å². The van der Waals surface area contributed by atoms with E-state index in [-0.39, 0.29) is 18.6 Å². The van der Waals surface area contributed by atoms with Gasteiger partial charge in [-0.05, 0) is 50.4 Å². The highest BCUT2D eigenvalue weighted by molar-refractivity contribution is 5.81. The SMILES string of the molecule is CCCCN1CCC(NC(=O)C(C)Oc2cccc(CO)c2)CC1. The van der Waals surface area contributed by atoms with Gasteiger partial charge in [0.25, 0.3) is 5.91 Å². The second kappa shape index (κ2) is 9.64. The van der Waals surface area contributed by atoms with Crippen LogP contribution in [-0.4, -0.2) is 47.7 Å². The molecule has 2 rings (SSSR count).